The number of hydrogen-bond donors (Lipinski definition) is 2. The normalized spacial score (nSPS) is 14.2. The van der Waals surface area contributed by atoms with Crippen LogP contribution in [-0.2, 0) is 6.42 Å². The molecular formula is C14H20ClN5. The second-order valence-corrected chi connectivity index (χ2v) is 5.27. The van der Waals surface area contributed by atoms with E-state index in [4.69, 9.17) is 17.4 Å². The third-order valence-electron chi connectivity index (χ3n) is 3.50. The van der Waals surface area contributed by atoms with Gasteiger partial charge >= 0.3 is 0 Å². The zero-order valence-electron chi connectivity index (χ0n) is 11.8. The molecule has 0 aliphatic carbocycles. The van der Waals surface area contributed by atoms with E-state index < -0.39 is 0 Å². The van der Waals surface area contributed by atoms with E-state index in [1.165, 1.54) is 0 Å². The highest BCUT2D eigenvalue weighted by Crippen LogP contribution is 2.24. The molecule has 2 atom stereocenters. The summed E-state index contributed by atoms with van der Waals surface area (Å²) in [5.74, 6) is 5.65. The summed E-state index contributed by atoms with van der Waals surface area (Å²) in [4.78, 5) is 3.99. The maximum Gasteiger partial charge on any atom is 0.0644 e. The van der Waals surface area contributed by atoms with Crippen LogP contribution < -0.4 is 11.3 Å². The summed E-state index contributed by atoms with van der Waals surface area (Å²) in [6, 6.07) is 4.22. The van der Waals surface area contributed by atoms with Gasteiger partial charge in [0.1, 0.15) is 0 Å². The van der Waals surface area contributed by atoms with Crippen LogP contribution in [0, 0.1) is 0 Å². The average molecular weight is 294 g/mol. The summed E-state index contributed by atoms with van der Waals surface area (Å²) >= 11 is 6.16. The fraction of sp³-hybridized carbons (Fsp3) is 0.429. The third-order valence-corrected chi connectivity index (χ3v) is 3.82. The van der Waals surface area contributed by atoms with Crippen LogP contribution in [0.1, 0.15) is 43.6 Å². The van der Waals surface area contributed by atoms with Crippen LogP contribution in [0.25, 0.3) is 0 Å². The van der Waals surface area contributed by atoms with Crippen molar-refractivity contribution in [3.8, 4) is 0 Å². The molecule has 6 heteroatoms. The van der Waals surface area contributed by atoms with Crippen molar-refractivity contribution in [3.63, 3.8) is 0 Å². The van der Waals surface area contributed by atoms with E-state index >= 15 is 0 Å². The van der Waals surface area contributed by atoms with Crippen molar-refractivity contribution in [2.24, 2.45) is 5.84 Å². The molecule has 0 amide bonds. The van der Waals surface area contributed by atoms with Gasteiger partial charge < -0.3 is 0 Å². The molecule has 2 aromatic rings. The minimum absolute atomic E-state index is 0.0780. The smallest absolute Gasteiger partial charge is 0.0644 e. The van der Waals surface area contributed by atoms with Crippen LogP contribution in [-0.4, -0.2) is 14.8 Å². The first-order chi connectivity index (χ1) is 9.65. The lowest BCUT2D eigenvalue weighted by Crippen LogP contribution is -2.30. The largest absolute Gasteiger partial charge is 0.271 e. The van der Waals surface area contributed by atoms with Gasteiger partial charge in [-0.05, 0) is 31.0 Å². The first-order valence-corrected chi connectivity index (χ1v) is 7.13. The lowest BCUT2D eigenvalue weighted by molar-refractivity contribution is 0.467. The van der Waals surface area contributed by atoms with Crippen molar-refractivity contribution < 1.29 is 0 Å². The highest BCUT2D eigenvalue weighted by atomic mass is 35.5. The first-order valence-electron chi connectivity index (χ1n) is 6.75. The monoisotopic (exact) mass is 293 g/mol. The number of hydrogen-bond acceptors (Lipinski definition) is 4. The molecule has 0 saturated carbocycles. The van der Waals surface area contributed by atoms with E-state index in [-0.39, 0.29) is 6.04 Å². The lowest BCUT2D eigenvalue weighted by atomic mass is 10.0. The quantitative estimate of drug-likeness (QED) is 0.634. The second-order valence-electron chi connectivity index (χ2n) is 4.86. The van der Waals surface area contributed by atoms with Gasteiger partial charge in [-0.25, -0.2) is 0 Å². The van der Waals surface area contributed by atoms with E-state index in [0.29, 0.717) is 17.5 Å². The van der Waals surface area contributed by atoms with Crippen molar-refractivity contribution >= 4 is 11.6 Å². The number of pyridine rings is 1. The van der Waals surface area contributed by atoms with Crippen LogP contribution >= 0.6 is 11.6 Å². The van der Waals surface area contributed by atoms with Gasteiger partial charge in [-0.15, -0.1) is 0 Å². The number of halogens is 1. The molecule has 5 nitrogen and oxygen atoms in total. The number of nitrogens with two attached hydrogens (primary N) is 1. The van der Waals surface area contributed by atoms with Crippen molar-refractivity contribution in [2.45, 2.75) is 38.8 Å². The number of rotatable bonds is 6. The van der Waals surface area contributed by atoms with Gasteiger partial charge in [-0.2, -0.15) is 5.10 Å². The molecule has 20 heavy (non-hydrogen) atoms. The molecule has 0 radical (unpaired) electrons. The summed E-state index contributed by atoms with van der Waals surface area (Å²) in [5, 5.41) is 5.19. The molecule has 0 aliphatic heterocycles. The van der Waals surface area contributed by atoms with Crippen molar-refractivity contribution in [1.29, 1.82) is 0 Å². The molecule has 0 bridgehead atoms. The van der Waals surface area contributed by atoms with Crippen LogP contribution in [0.3, 0.4) is 0 Å². The van der Waals surface area contributed by atoms with Crippen molar-refractivity contribution in [2.75, 3.05) is 0 Å². The highest BCUT2D eigenvalue weighted by molar-refractivity contribution is 6.31. The molecule has 0 aromatic carbocycles. The molecule has 2 heterocycles. The maximum absolute atomic E-state index is 6.16. The Morgan fingerprint density at radius 2 is 2.25 bits per heavy atom. The SMILES string of the molecule is CCC(C)n1ccc(CC(NN)c2ccncc2Cl)n1. The highest BCUT2D eigenvalue weighted by Gasteiger charge is 2.16. The summed E-state index contributed by atoms with van der Waals surface area (Å²) in [5.41, 5.74) is 4.72. The van der Waals surface area contributed by atoms with Gasteiger partial charge in [0.05, 0.1) is 16.8 Å². The average Bonchev–Trinajstić information content (AvgIpc) is 2.93. The number of aromatic nitrogens is 3. The molecule has 2 rings (SSSR count). The summed E-state index contributed by atoms with van der Waals surface area (Å²) < 4.78 is 1.98. The molecule has 108 valence electrons. The fourth-order valence-corrected chi connectivity index (χ4v) is 2.31. The standard InChI is InChI=1S/C14H20ClN5/c1-3-10(2)20-7-5-11(19-20)8-14(18-16)12-4-6-17-9-13(12)15/h4-7,9-10,14,18H,3,8,16H2,1-2H3. The fourth-order valence-electron chi connectivity index (χ4n) is 2.06. The lowest BCUT2D eigenvalue weighted by Gasteiger charge is -2.16. The molecule has 0 spiro atoms. The molecule has 0 fully saturated rings. The summed E-state index contributed by atoms with van der Waals surface area (Å²) in [6.45, 7) is 4.29. The Kier molecular flexibility index (Phi) is 5.11. The zero-order chi connectivity index (χ0) is 14.5. The first kappa shape index (κ1) is 15.0. The zero-order valence-corrected chi connectivity index (χ0v) is 12.5. The van der Waals surface area contributed by atoms with E-state index in [2.05, 4.69) is 29.4 Å². The maximum atomic E-state index is 6.16. The van der Waals surface area contributed by atoms with E-state index in [0.717, 1.165) is 17.7 Å². The Hall–Kier alpha value is -1.43. The predicted octanol–water partition coefficient (Wildman–Crippen LogP) is 2.65. The van der Waals surface area contributed by atoms with Gasteiger partial charge in [-0.1, -0.05) is 18.5 Å². The van der Waals surface area contributed by atoms with Gasteiger partial charge in [0.25, 0.3) is 0 Å². The summed E-state index contributed by atoms with van der Waals surface area (Å²) in [7, 11) is 0. The number of nitrogens with one attached hydrogen (secondary N) is 1. The molecular weight excluding hydrogens is 274 g/mol. The van der Waals surface area contributed by atoms with Gasteiger partial charge in [0.2, 0.25) is 0 Å². The van der Waals surface area contributed by atoms with E-state index in [1.54, 1.807) is 12.4 Å². The Morgan fingerprint density at radius 1 is 1.45 bits per heavy atom. The molecule has 2 aromatic heterocycles. The number of hydrazine groups is 1. The van der Waals surface area contributed by atoms with Crippen LogP contribution in [0.2, 0.25) is 5.02 Å². The minimum Gasteiger partial charge on any atom is -0.271 e. The minimum atomic E-state index is -0.0780. The Bertz CT molecular complexity index is 554. The van der Waals surface area contributed by atoms with Crippen molar-refractivity contribution in [3.05, 3.63) is 47.0 Å². The molecule has 0 saturated heterocycles. The van der Waals surface area contributed by atoms with E-state index in [1.807, 2.05) is 23.0 Å². The van der Waals surface area contributed by atoms with Crippen LogP contribution in [0.4, 0.5) is 0 Å². The predicted molar refractivity (Wildman–Crippen MR) is 80.2 cm³/mol. The van der Waals surface area contributed by atoms with Gasteiger partial charge in [-0.3, -0.25) is 20.9 Å². The molecule has 2 unspecified atom stereocenters. The second kappa shape index (κ2) is 6.83. The number of nitrogens with zero attached hydrogens (tertiary/aromatic N) is 3. The van der Waals surface area contributed by atoms with Crippen LogP contribution in [0.5, 0.6) is 0 Å². The van der Waals surface area contributed by atoms with E-state index in [9.17, 15) is 0 Å². The Balaban J connectivity index is 2.15. The van der Waals surface area contributed by atoms with Gasteiger partial charge in [0.15, 0.2) is 0 Å². The van der Waals surface area contributed by atoms with Gasteiger partial charge in [0, 0.05) is 31.1 Å². The Morgan fingerprint density at radius 3 is 2.90 bits per heavy atom. The molecule has 3 N–H and O–H groups in total. The third kappa shape index (κ3) is 3.36. The van der Waals surface area contributed by atoms with Crippen molar-refractivity contribution in [1.82, 2.24) is 20.2 Å². The van der Waals surface area contributed by atoms with Crippen LogP contribution in [0.15, 0.2) is 30.7 Å². The Labute approximate surface area is 124 Å². The summed E-state index contributed by atoms with van der Waals surface area (Å²) in [6.07, 6.45) is 7.08. The molecule has 0 aliphatic rings. The topological polar surface area (TPSA) is 68.8 Å².